The summed E-state index contributed by atoms with van der Waals surface area (Å²) in [6.45, 7) is 14.3. The number of anilines is 1. The zero-order valence-electron chi connectivity index (χ0n) is 20.8. The highest BCUT2D eigenvalue weighted by Gasteiger charge is 2.16. The maximum Gasteiger partial charge on any atom is 0.184 e. The first-order chi connectivity index (χ1) is 14.9. The maximum absolute atomic E-state index is 12.7. The molecule has 1 rings (SSSR count). The number of allylic oxidation sites excluding steroid dienone is 1. The third-order valence-corrected chi connectivity index (χ3v) is 5.49. The Bertz CT molecular complexity index is 678. The van der Waals surface area contributed by atoms with Gasteiger partial charge >= 0.3 is 0 Å². The molecule has 0 bridgehead atoms. The van der Waals surface area contributed by atoms with Crippen molar-refractivity contribution in [3.05, 3.63) is 23.8 Å². The molecule has 5 nitrogen and oxygen atoms in total. The molecular formula is C26H44N4O. The Morgan fingerprint density at radius 2 is 1.58 bits per heavy atom. The number of carbonyl (C=O) groups is 1. The Kier molecular flexibility index (Phi) is 13.7. The van der Waals surface area contributed by atoms with Gasteiger partial charge in [-0.15, -0.1) is 0 Å². The summed E-state index contributed by atoms with van der Waals surface area (Å²) in [6, 6.07) is 0. The van der Waals surface area contributed by atoms with E-state index in [9.17, 15) is 4.79 Å². The molecule has 1 aromatic rings. The molecule has 0 aliphatic heterocycles. The van der Waals surface area contributed by atoms with Crippen LogP contribution in [0.2, 0.25) is 0 Å². The molecule has 0 aliphatic rings. The first kappa shape index (κ1) is 27.0. The van der Waals surface area contributed by atoms with Gasteiger partial charge in [0, 0.05) is 24.7 Å². The number of nitrogens with zero attached hydrogens (tertiary/aromatic N) is 4. The number of aliphatic imine (C=N–C) groups is 1. The lowest BCUT2D eigenvalue weighted by atomic mass is 10.0. The summed E-state index contributed by atoms with van der Waals surface area (Å²) in [5.74, 6) is 0.932. The van der Waals surface area contributed by atoms with Crippen LogP contribution in [0.3, 0.4) is 0 Å². The highest BCUT2D eigenvalue weighted by Crippen LogP contribution is 2.17. The van der Waals surface area contributed by atoms with Gasteiger partial charge in [0.2, 0.25) is 0 Å². The van der Waals surface area contributed by atoms with Crippen LogP contribution >= 0.6 is 0 Å². The van der Waals surface area contributed by atoms with Gasteiger partial charge in [0.05, 0.1) is 18.1 Å². The van der Waals surface area contributed by atoms with Crippen molar-refractivity contribution in [2.75, 3.05) is 18.0 Å². The van der Waals surface area contributed by atoms with Crippen LogP contribution in [0.25, 0.3) is 6.08 Å². The van der Waals surface area contributed by atoms with Gasteiger partial charge < -0.3 is 4.90 Å². The number of hydrogen-bond donors (Lipinski definition) is 0. The number of unbranched alkanes of at least 4 members (excludes halogenated alkanes) is 6. The predicted octanol–water partition coefficient (Wildman–Crippen LogP) is 6.88. The number of rotatable bonds is 16. The molecule has 0 spiro atoms. The number of aromatic nitrogens is 2. The van der Waals surface area contributed by atoms with E-state index in [1.54, 1.807) is 12.3 Å². The highest BCUT2D eigenvalue weighted by molar-refractivity contribution is 6.02. The number of hydrogen-bond acceptors (Lipinski definition) is 5. The van der Waals surface area contributed by atoms with E-state index in [1.165, 1.54) is 51.4 Å². The molecule has 1 heterocycles. The summed E-state index contributed by atoms with van der Waals surface area (Å²) in [7, 11) is 0. The molecule has 0 N–H and O–H groups in total. The van der Waals surface area contributed by atoms with E-state index >= 15 is 0 Å². The molecule has 5 heteroatoms. The Balaban J connectivity index is 2.98. The van der Waals surface area contributed by atoms with Crippen LogP contribution in [0, 0.1) is 5.92 Å². The Morgan fingerprint density at radius 3 is 2.03 bits per heavy atom. The normalized spacial score (nSPS) is 12.5. The predicted molar refractivity (Wildman–Crippen MR) is 134 cm³/mol. The minimum atomic E-state index is -0.0525. The summed E-state index contributed by atoms with van der Waals surface area (Å²) in [5, 5.41) is 0. The Morgan fingerprint density at radius 1 is 0.968 bits per heavy atom. The largest absolute Gasteiger partial charge is 0.355 e. The summed E-state index contributed by atoms with van der Waals surface area (Å²) < 4.78 is 0. The molecule has 1 unspecified atom stereocenters. The minimum absolute atomic E-state index is 0.0525. The summed E-state index contributed by atoms with van der Waals surface area (Å²) in [5.41, 5.74) is 2.00. The molecule has 0 saturated heterocycles. The molecule has 0 fully saturated rings. The van der Waals surface area contributed by atoms with Gasteiger partial charge in [-0.05, 0) is 39.2 Å². The first-order valence-corrected chi connectivity index (χ1v) is 12.3. The summed E-state index contributed by atoms with van der Waals surface area (Å²) in [4.78, 5) is 28.8. The van der Waals surface area contributed by atoms with Crippen LogP contribution in [-0.4, -0.2) is 34.6 Å². The van der Waals surface area contributed by atoms with E-state index in [1.807, 2.05) is 33.9 Å². The van der Waals surface area contributed by atoms with E-state index < -0.39 is 0 Å². The Labute approximate surface area is 190 Å². The third kappa shape index (κ3) is 10.7. The quantitative estimate of drug-likeness (QED) is 0.163. The average Bonchev–Trinajstić information content (AvgIpc) is 2.76. The van der Waals surface area contributed by atoms with Crippen molar-refractivity contribution in [1.82, 2.24) is 9.97 Å². The standard InChI is InChI=1S/C26H44N4O/c1-7-10-12-14-16-30(17-15-13-11-8-2)25-20-27-23(19-28-25)18-24(29-21(4)5)26(31)22(6)9-3/h18-20,22H,7-17H2,1-6H3/b24-18-. The van der Waals surface area contributed by atoms with Crippen molar-refractivity contribution < 1.29 is 4.79 Å². The fourth-order valence-corrected chi connectivity index (χ4v) is 3.35. The summed E-state index contributed by atoms with van der Waals surface area (Å²) >= 11 is 0. The van der Waals surface area contributed by atoms with E-state index in [0.29, 0.717) is 11.4 Å². The van der Waals surface area contributed by atoms with Gasteiger partial charge in [0.1, 0.15) is 11.5 Å². The second-order valence-electron chi connectivity index (χ2n) is 8.67. The monoisotopic (exact) mass is 428 g/mol. The topological polar surface area (TPSA) is 58.5 Å². The maximum atomic E-state index is 12.7. The van der Waals surface area contributed by atoms with Crippen molar-refractivity contribution in [3.63, 3.8) is 0 Å². The zero-order chi connectivity index (χ0) is 23.1. The van der Waals surface area contributed by atoms with Crippen LogP contribution < -0.4 is 4.90 Å². The molecule has 0 aliphatic carbocycles. The molecule has 174 valence electrons. The average molecular weight is 429 g/mol. The van der Waals surface area contributed by atoms with E-state index in [-0.39, 0.29) is 11.7 Å². The molecule has 31 heavy (non-hydrogen) atoms. The second kappa shape index (κ2) is 15.7. The van der Waals surface area contributed by atoms with E-state index in [4.69, 9.17) is 4.98 Å². The van der Waals surface area contributed by atoms with Crippen LogP contribution in [-0.2, 0) is 4.79 Å². The number of ketones is 1. The van der Waals surface area contributed by atoms with E-state index in [0.717, 1.165) is 31.0 Å². The first-order valence-electron chi connectivity index (χ1n) is 12.3. The van der Waals surface area contributed by atoms with Crippen molar-refractivity contribution in [3.8, 4) is 0 Å². The van der Waals surface area contributed by atoms with Crippen molar-refractivity contribution >= 4 is 23.4 Å². The molecule has 0 saturated carbocycles. The molecule has 0 amide bonds. The van der Waals surface area contributed by atoms with Gasteiger partial charge in [-0.25, -0.2) is 4.98 Å². The Hall–Kier alpha value is -2.04. The fourth-order valence-electron chi connectivity index (χ4n) is 3.35. The van der Waals surface area contributed by atoms with Crippen LogP contribution in [0.1, 0.15) is 105 Å². The second-order valence-corrected chi connectivity index (χ2v) is 8.67. The SMILES string of the molecule is CCCCCCN(CCCCCC)c1cnc(/C=C(\N=C(C)C)C(=O)C(C)CC)cn1. The highest BCUT2D eigenvalue weighted by atomic mass is 16.1. The molecular weight excluding hydrogens is 384 g/mol. The lowest BCUT2D eigenvalue weighted by molar-refractivity contribution is -0.118. The summed E-state index contributed by atoms with van der Waals surface area (Å²) in [6.07, 6.45) is 16.1. The fraction of sp³-hybridized carbons (Fsp3) is 0.692. The third-order valence-electron chi connectivity index (χ3n) is 5.49. The lowest BCUT2D eigenvalue weighted by Crippen LogP contribution is -2.26. The van der Waals surface area contributed by atoms with Crippen LogP contribution in [0.5, 0.6) is 0 Å². The molecule has 0 radical (unpaired) electrons. The van der Waals surface area contributed by atoms with Gasteiger partial charge in [0.15, 0.2) is 5.78 Å². The number of carbonyl (C=O) groups excluding carboxylic acids is 1. The smallest absolute Gasteiger partial charge is 0.184 e. The molecule has 1 aromatic heterocycles. The van der Waals surface area contributed by atoms with Crippen LogP contribution in [0.15, 0.2) is 23.1 Å². The van der Waals surface area contributed by atoms with E-state index in [2.05, 4.69) is 28.7 Å². The minimum Gasteiger partial charge on any atom is -0.355 e. The molecule has 0 aromatic carbocycles. The zero-order valence-corrected chi connectivity index (χ0v) is 20.8. The molecule has 1 atom stereocenters. The van der Waals surface area contributed by atoms with Crippen molar-refractivity contribution in [2.45, 2.75) is 99.3 Å². The van der Waals surface area contributed by atoms with Gasteiger partial charge in [-0.1, -0.05) is 66.2 Å². The van der Waals surface area contributed by atoms with Gasteiger partial charge in [-0.3, -0.25) is 14.8 Å². The van der Waals surface area contributed by atoms with Crippen molar-refractivity contribution in [2.24, 2.45) is 10.9 Å². The van der Waals surface area contributed by atoms with Crippen molar-refractivity contribution in [1.29, 1.82) is 0 Å². The lowest BCUT2D eigenvalue weighted by Gasteiger charge is -2.23. The van der Waals surface area contributed by atoms with Gasteiger partial charge in [0.25, 0.3) is 0 Å². The van der Waals surface area contributed by atoms with Crippen LogP contribution in [0.4, 0.5) is 5.82 Å². The van der Waals surface area contributed by atoms with Gasteiger partial charge in [-0.2, -0.15) is 0 Å². The number of Topliss-reactive ketones (excluding diaryl/α,β-unsaturated/α-hetero) is 1.